The molecule has 9 heteroatoms. The Balaban J connectivity index is 1.63. The van der Waals surface area contributed by atoms with Gasteiger partial charge in [-0.2, -0.15) is 0 Å². The Morgan fingerprint density at radius 1 is 1.20 bits per heavy atom. The molecule has 1 atom stereocenters. The molecule has 0 spiro atoms. The minimum absolute atomic E-state index is 0.162. The fourth-order valence-electron chi connectivity index (χ4n) is 3.32. The van der Waals surface area contributed by atoms with E-state index in [1.807, 2.05) is 25.1 Å². The highest BCUT2D eigenvalue weighted by Crippen LogP contribution is 2.31. The van der Waals surface area contributed by atoms with E-state index in [1.54, 1.807) is 12.1 Å². The lowest BCUT2D eigenvalue weighted by molar-refractivity contribution is -0.115. The van der Waals surface area contributed by atoms with Gasteiger partial charge in [-0.1, -0.05) is 48.5 Å². The van der Waals surface area contributed by atoms with Gasteiger partial charge in [0.25, 0.3) is 0 Å². The van der Waals surface area contributed by atoms with Gasteiger partial charge in [-0.3, -0.25) is 4.79 Å². The Morgan fingerprint density at radius 2 is 2.00 bits per heavy atom. The number of benzene rings is 1. The van der Waals surface area contributed by atoms with Gasteiger partial charge < -0.3 is 9.88 Å². The Morgan fingerprint density at radius 3 is 2.70 bits per heavy atom. The zero-order valence-electron chi connectivity index (χ0n) is 16.8. The molecule has 4 aromatic rings. The van der Waals surface area contributed by atoms with Gasteiger partial charge >= 0.3 is 0 Å². The third kappa shape index (κ3) is 3.97. The molecular formula is C21H21ClN6OS. The molecule has 1 unspecified atom stereocenters. The van der Waals surface area contributed by atoms with E-state index >= 15 is 0 Å². The van der Waals surface area contributed by atoms with Crippen molar-refractivity contribution in [3.63, 3.8) is 0 Å². The van der Waals surface area contributed by atoms with E-state index < -0.39 is 0 Å². The fourth-order valence-corrected chi connectivity index (χ4v) is 4.25. The number of nitrogens with zero attached hydrogens (tertiary/aromatic N) is 5. The first-order chi connectivity index (χ1) is 14.5. The fraction of sp³-hybridized carbons (Fsp3) is 0.286. The summed E-state index contributed by atoms with van der Waals surface area (Å²) in [6, 6.07) is 11.6. The average molecular weight is 441 g/mol. The number of thioether (sulfide) groups is 1. The van der Waals surface area contributed by atoms with Crippen LogP contribution in [0.2, 0.25) is 5.02 Å². The highest BCUT2D eigenvalue weighted by Gasteiger charge is 2.22. The van der Waals surface area contributed by atoms with Crippen LogP contribution < -0.4 is 5.32 Å². The molecule has 0 bridgehead atoms. The first-order valence-electron chi connectivity index (χ1n) is 9.70. The molecule has 0 aliphatic heterocycles. The van der Waals surface area contributed by atoms with Crippen LogP contribution in [0.1, 0.15) is 33.2 Å². The van der Waals surface area contributed by atoms with Crippen LogP contribution in [0.25, 0.3) is 22.1 Å². The van der Waals surface area contributed by atoms with Gasteiger partial charge in [0, 0.05) is 17.6 Å². The Bertz CT molecular complexity index is 1210. The normalized spacial score (nSPS) is 12.6. The summed E-state index contributed by atoms with van der Waals surface area (Å²) in [5.41, 5.74) is 2.62. The first kappa shape index (κ1) is 20.6. The van der Waals surface area contributed by atoms with E-state index in [-0.39, 0.29) is 17.2 Å². The van der Waals surface area contributed by atoms with Gasteiger partial charge in [0.1, 0.15) is 11.3 Å². The highest BCUT2D eigenvalue weighted by molar-refractivity contribution is 8.00. The maximum atomic E-state index is 12.7. The van der Waals surface area contributed by atoms with E-state index in [0.29, 0.717) is 22.4 Å². The van der Waals surface area contributed by atoms with E-state index in [0.717, 1.165) is 22.1 Å². The van der Waals surface area contributed by atoms with Crippen molar-refractivity contribution in [1.82, 2.24) is 24.7 Å². The van der Waals surface area contributed by atoms with Gasteiger partial charge in [-0.15, -0.1) is 10.2 Å². The Kier molecular flexibility index (Phi) is 5.87. The smallest absolute Gasteiger partial charge is 0.239 e. The van der Waals surface area contributed by atoms with Gasteiger partial charge in [-0.05, 0) is 38.5 Å². The predicted molar refractivity (Wildman–Crippen MR) is 121 cm³/mol. The van der Waals surface area contributed by atoms with Crippen LogP contribution in [0.5, 0.6) is 0 Å². The van der Waals surface area contributed by atoms with Gasteiger partial charge in [0.05, 0.1) is 15.8 Å². The molecule has 1 aromatic carbocycles. The predicted octanol–water partition coefficient (Wildman–Crippen LogP) is 5.12. The number of aromatic nitrogens is 5. The molecule has 7 nitrogen and oxygen atoms in total. The number of amides is 1. The number of carbonyl (C=O) groups is 1. The van der Waals surface area contributed by atoms with Crippen LogP contribution in [-0.4, -0.2) is 35.9 Å². The second-order valence-corrected chi connectivity index (χ2v) is 8.72. The lowest BCUT2D eigenvalue weighted by Crippen LogP contribution is -2.25. The molecule has 0 saturated carbocycles. The number of carbonyl (C=O) groups excluding carboxylic acids is 1. The Labute approximate surface area is 183 Å². The van der Waals surface area contributed by atoms with Gasteiger partial charge in [0.15, 0.2) is 5.65 Å². The zero-order chi connectivity index (χ0) is 21.3. The molecule has 30 heavy (non-hydrogen) atoms. The number of anilines is 1. The molecule has 0 radical (unpaired) electrons. The van der Waals surface area contributed by atoms with Crippen molar-refractivity contribution in [2.75, 3.05) is 5.32 Å². The third-order valence-electron chi connectivity index (χ3n) is 4.70. The molecule has 0 aliphatic rings. The number of para-hydroxylation sites is 1. The molecule has 154 valence electrons. The molecule has 1 N–H and O–H groups in total. The van der Waals surface area contributed by atoms with Crippen LogP contribution in [0.4, 0.5) is 5.82 Å². The third-order valence-corrected chi connectivity index (χ3v) is 6.14. The van der Waals surface area contributed by atoms with Crippen LogP contribution in [0.15, 0.2) is 47.8 Å². The van der Waals surface area contributed by atoms with Crippen LogP contribution >= 0.6 is 23.4 Å². The summed E-state index contributed by atoms with van der Waals surface area (Å²) < 4.78 is 2.15. The molecule has 0 saturated heterocycles. The van der Waals surface area contributed by atoms with Crippen molar-refractivity contribution < 1.29 is 4.79 Å². The maximum Gasteiger partial charge on any atom is 0.239 e. The molecular weight excluding hydrogens is 420 g/mol. The summed E-state index contributed by atoms with van der Waals surface area (Å²) in [7, 11) is 0. The van der Waals surface area contributed by atoms with Crippen molar-refractivity contribution in [2.45, 2.75) is 43.6 Å². The maximum absolute atomic E-state index is 12.7. The Hall–Kier alpha value is -2.71. The summed E-state index contributed by atoms with van der Waals surface area (Å²) in [5.74, 6) is 0.295. The molecule has 4 rings (SSSR count). The lowest BCUT2D eigenvalue weighted by atomic mass is 10.2. The van der Waals surface area contributed by atoms with Crippen molar-refractivity contribution in [3.05, 3.63) is 47.6 Å². The number of pyridine rings is 1. The minimum Gasteiger partial charge on any atom is -0.321 e. The number of fused-ring (bicyclic) bond motifs is 3. The van der Waals surface area contributed by atoms with Gasteiger partial charge in [-0.25, -0.2) is 9.97 Å². The topological polar surface area (TPSA) is 85.6 Å². The lowest BCUT2D eigenvalue weighted by Gasteiger charge is -2.14. The van der Waals surface area contributed by atoms with Crippen LogP contribution in [-0.2, 0) is 4.79 Å². The first-order valence-corrected chi connectivity index (χ1v) is 11.0. The number of rotatable bonds is 6. The zero-order valence-corrected chi connectivity index (χ0v) is 18.4. The molecule has 3 aromatic heterocycles. The number of hydrogen-bond acceptors (Lipinski definition) is 6. The summed E-state index contributed by atoms with van der Waals surface area (Å²) in [4.78, 5) is 21.6. The van der Waals surface area contributed by atoms with Crippen LogP contribution in [0, 0.1) is 0 Å². The largest absolute Gasteiger partial charge is 0.321 e. The second-order valence-electron chi connectivity index (χ2n) is 7.11. The summed E-state index contributed by atoms with van der Waals surface area (Å²) in [6.07, 6.45) is 2.11. The standard InChI is InChI=1S/C21H21ClN6OS/c1-4-16(20(29)24-17-10-9-13(22)11-23-17)30-21-25-19-18(26-27-21)14-7-5-6-8-15(14)28(19)12(2)3/h5-12,16H,4H2,1-3H3,(H,23,24,29). The van der Waals surface area contributed by atoms with Crippen molar-refractivity contribution in [3.8, 4) is 0 Å². The molecule has 1 amide bonds. The minimum atomic E-state index is -0.376. The highest BCUT2D eigenvalue weighted by atomic mass is 35.5. The van der Waals surface area contributed by atoms with Crippen LogP contribution in [0.3, 0.4) is 0 Å². The molecule has 0 aliphatic carbocycles. The SMILES string of the molecule is CCC(Sc1nnc2c3ccccc3n(C(C)C)c2n1)C(=O)Nc1ccc(Cl)cn1. The molecule has 3 heterocycles. The molecule has 0 fully saturated rings. The van der Waals surface area contributed by atoms with E-state index in [4.69, 9.17) is 16.6 Å². The van der Waals surface area contributed by atoms with Crippen molar-refractivity contribution >= 4 is 57.2 Å². The number of nitrogens with one attached hydrogen (secondary N) is 1. The second kappa shape index (κ2) is 8.57. The van der Waals surface area contributed by atoms with Gasteiger partial charge in [0.2, 0.25) is 11.1 Å². The van der Waals surface area contributed by atoms with E-state index in [2.05, 4.69) is 45.0 Å². The van der Waals surface area contributed by atoms with Crippen molar-refractivity contribution in [2.24, 2.45) is 0 Å². The average Bonchev–Trinajstić information content (AvgIpc) is 3.07. The van der Waals surface area contributed by atoms with Crippen molar-refractivity contribution in [1.29, 1.82) is 0 Å². The number of hydrogen-bond donors (Lipinski definition) is 1. The number of halogens is 1. The monoisotopic (exact) mass is 440 g/mol. The summed E-state index contributed by atoms with van der Waals surface area (Å²) in [6.45, 7) is 6.17. The summed E-state index contributed by atoms with van der Waals surface area (Å²) in [5, 5.41) is 13.2. The quantitative estimate of drug-likeness (QED) is 0.419. The summed E-state index contributed by atoms with van der Waals surface area (Å²) >= 11 is 7.15. The van der Waals surface area contributed by atoms with E-state index in [1.165, 1.54) is 18.0 Å². The van der Waals surface area contributed by atoms with E-state index in [9.17, 15) is 4.79 Å².